The average Bonchev–Trinajstić information content (AvgIpc) is 2.98. The number of anilines is 1. The average molecular weight is 488 g/mol. The predicted molar refractivity (Wildman–Crippen MR) is 106 cm³/mol. The number of hydrogen-bond donors (Lipinski definition) is 3. The third kappa shape index (κ3) is 4.85. The van der Waals surface area contributed by atoms with E-state index in [9.17, 15) is 36.7 Å². The van der Waals surface area contributed by atoms with E-state index < -0.39 is 47.6 Å². The predicted octanol–water partition coefficient (Wildman–Crippen LogP) is 0.788. The highest BCUT2D eigenvalue weighted by atomic mass is 19.4. The Bertz CT molecular complexity index is 1060. The summed E-state index contributed by atoms with van der Waals surface area (Å²) in [7, 11) is 0. The number of benzene rings is 1. The minimum atomic E-state index is -5.08. The summed E-state index contributed by atoms with van der Waals surface area (Å²) in [5, 5.41) is 9.27. The second-order valence-electron chi connectivity index (χ2n) is 7.92. The number of rotatable bonds is 2. The molecular weight excluding hydrogens is 468 g/mol. The summed E-state index contributed by atoms with van der Waals surface area (Å²) in [5.41, 5.74) is 6.09. The van der Waals surface area contributed by atoms with Gasteiger partial charge in [-0.3, -0.25) is 29.4 Å². The van der Waals surface area contributed by atoms with Crippen molar-refractivity contribution in [1.82, 2.24) is 10.2 Å². The van der Waals surface area contributed by atoms with Crippen LogP contribution in [0.1, 0.15) is 46.4 Å². The van der Waals surface area contributed by atoms with Gasteiger partial charge in [0.2, 0.25) is 11.8 Å². The minimum Gasteiger partial charge on any atom is -0.475 e. The molecule has 1 unspecified atom stereocenters. The fraction of sp³-hybridized carbons (Fsp3) is 0.450. The third-order valence-electron chi connectivity index (χ3n) is 5.55. The zero-order valence-corrected chi connectivity index (χ0v) is 17.5. The first-order chi connectivity index (χ1) is 15.8. The molecule has 34 heavy (non-hydrogen) atoms. The number of nitrogens with zero attached hydrogens (tertiary/aromatic N) is 2. The maximum Gasteiger partial charge on any atom is 0.490 e. The van der Waals surface area contributed by atoms with Crippen LogP contribution in [-0.2, 0) is 14.4 Å². The van der Waals surface area contributed by atoms with Crippen LogP contribution in [0.5, 0.6) is 0 Å². The number of imide groups is 2. The Morgan fingerprint density at radius 2 is 1.76 bits per heavy atom. The summed E-state index contributed by atoms with van der Waals surface area (Å²) in [6.07, 6.45) is -3.43. The third-order valence-corrected chi connectivity index (χ3v) is 5.55. The molecule has 4 amide bonds. The molecule has 10 nitrogen and oxygen atoms in total. The Morgan fingerprint density at radius 3 is 2.32 bits per heavy atom. The van der Waals surface area contributed by atoms with Crippen LogP contribution < -0.4 is 16.0 Å². The molecule has 0 radical (unpaired) electrons. The zero-order valence-electron chi connectivity index (χ0n) is 17.5. The molecule has 3 heterocycles. The number of nitrogens with two attached hydrogens (primary N) is 1. The van der Waals surface area contributed by atoms with E-state index in [1.165, 1.54) is 6.07 Å². The molecule has 0 aromatic heterocycles. The van der Waals surface area contributed by atoms with E-state index in [0.717, 1.165) is 23.8 Å². The van der Waals surface area contributed by atoms with E-state index in [2.05, 4.69) is 5.32 Å². The lowest BCUT2D eigenvalue weighted by molar-refractivity contribution is -0.192. The Kier molecular flexibility index (Phi) is 6.91. The van der Waals surface area contributed by atoms with Gasteiger partial charge in [0.1, 0.15) is 11.9 Å². The lowest BCUT2D eigenvalue weighted by atomic mass is 10.0. The summed E-state index contributed by atoms with van der Waals surface area (Å²) < 4.78 is 46.4. The molecule has 3 aliphatic heterocycles. The van der Waals surface area contributed by atoms with Gasteiger partial charge in [-0.05, 0) is 31.4 Å². The summed E-state index contributed by atoms with van der Waals surface area (Å²) in [4.78, 5) is 60.8. The maximum absolute atomic E-state index is 14.7. The van der Waals surface area contributed by atoms with Gasteiger partial charge in [0, 0.05) is 25.6 Å². The lowest BCUT2D eigenvalue weighted by Gasteiger charge is -2.34. The number of alkyl halides is 3. The number of piperidine rings is 2. The van der Waals surface area contributed by atoms with Gasteiger partial charge >= 0.3 is 12.1 Å². The lowest BCUT2D eigenvalue weighted by Crippen LogP contribution is -2.54. The fourth-order valence-corrected chi connectivity index (χ4v) is 4.04. The first-order valence-corrected chi connectivity index (χ1v) is 10.2. The van der Waals surface area contributed by atoms with Gasteiger partial charge in [0.25, 0.3) is 11.8 Å². The molecule has 1 aromatic rings. The first-order valence-electron chi connectivity index (χ1n) is 10.2. The molecule has 2 fully saturated rings. The molecule has 184 valence electrons. The van der Waals surface area contributed by atoms with E-state index in [1.807, 2.05) is 0 Å². The molecule has 4 N–H and O–H groups in total. The Balaban J connectivity index is 0.000000406. The van der Waals surface area contributed by atoms with Crippen molar-refractivity contribution in [3.63, 3.8) is 0 Å². The number of halogens is 4. The van der Waals surface area contributed by atoms with E-state index in [-0.39, 0.29) is 35.7 Å². The highest BCUT2D eigenvalue weighted by Gasteiger charge is 2.47. The molecule has 14 heteroatoms. The molecule has 2 saturated heterocycles. The number of aliphatic carboxylic acids is 1. The summed E-state index contributed by atoms with van der Waals surface area (Å²) in [5.74, 6) is -5.85. The maximum atomic E-state index is 14.7. The SMILES string of the molecule is N[C@@H]1CCCN(c2c(F)ccc3c2C(=O)N(C2CCC(=O)NC2=O)C3=O)C1.O=C(O)C(F)(F)F. The van der Waals surface area contributed by atoms with Crippen molar-refractivity contribution in [2.24, 2.45) is 5.73 Å². The standard InChI is InChI=1S/C18H19FN4O4.C2HF3O2/c19-11-4-3-10-14(15(11)22-7-1-2-9(20)8-22)18(27)23(17(10)26)12-5-6-13(24)21-16(12)25;3-2(4,5)1(6)7/h3-4,9,12H,1-2,5-8,20H2,(H,21,24,25);(H,6,7)/t9-,12?;/m1./s1. The number of carboxylic acids is 1. The zero-order chi connectivity index (χ0) is 25.4. The molecule has 0 spiro atoms. The van der Waals surface area contributed by atoms with Crippen molar-refractivity contribution in [2.45, 2.75) is 43.9 Å². The molecule has 1 aromatic carbocycles. The van der Waals surface area contributed by atoms with E-state index >= 15 is 0 Å². The summed E-state index contributed by atoms with van der Waals surface area (Å²) in [6, 6.07) is 1.21. The van der Waals surface area contributed by atoms with Crippen molar-refractivity contribution < 1.29 is 46.6 Å². The van der Waals surface area contributed by atoms with E-state index in [0.29, 0.717) is 13.1 Å². The molecule has 0 saturated carbocycles. The Hall–Kier alpha value is -3.55. The van der Waals surface area contributed by atoms with Crippen LogP contribution in [0.4, 0.5) is 23.2 Å². The summed E-state index contributed by atoms with van der Waals surface area (Å²) >= 11 is 0. The van der Waals surface area contributed by atoms with Crippen LogP contribution in [0.2, 0.25) is 0 Å². The number of carbonyl (C=O) groups excluding carboxylic acids is 4. The normalized spacial score (nSPS) is 22.7. The quantitative estimate of drug-likeness (QED) is 0.409. The Morgan fingerprint density at radius 1 is 1.12 bits per heavy atom. The number of nitrogens with one attached hydrogen (secondary N) is 1. The topological polar surface area (TPSA) is 150 Å². The van der Waals surface area contributed by atoms with Gasteiger partial charge in [-0.1, -0.05) is 0 Å². The van der Waals surface area contributed by atoms with Gasteiger partial charge in [-0.2, -0.15) is 13.2 Å². The van der Waals surface area contributed by atoms with Crippen molar-refractivity contribution in [3.05, 3.63) is 29.1 Å². The molecule has 3 aliphatic rings. The fourth-order valence-electron chi connectivity index (χ4n) is 4.04. The van der Waals surface area contributed by atoms with Crippen molar-refractivity contribution in [2.75, 3.05) is 18.0 Å². The second-order valence-corrected chi connectivity index (χ2v) is 7.92. The van der Waals surface area contributed by atoms with Crippen LogP contribution in [0.3, 0.4) is 0 Å². The van der Waals surface area contributed by atoms with Crippen molar-refractivity contribution >= 4 is 35.3 Å². The van der Waals surface area contributed by atoms with Gasteiger partial charge in [-0.15, -0.1) is 0 Å². The molecule has 4 rings (SSSR count). The number of fused-ring (bicyclic) bond motifs is 1. The van der Waals surface area contributed by atoms with Crippen LogP contribution in [0, 0.1) is 5.82 Å². The highest BCUT2D eigenvalue weighted by Crippen LogP contribution is 2.37. The van der Waals surface area contributed by atoms with Crippen LogP contribution in [0.25, 0.3) is 0 Å². The van der Waals surface area contributed by atoms with Crippen LogP contribution in [-0.4, -0.2) is 71.0 Å². The Labute approximate surface area is 189 Å². The van der Waals surface area contributed by atoms with E-state index in [4.69, 9.17) is 15.6 Å². The smallest absolute Gasteiger partial charge is 0.475 e. The highest BCUT2D eigenvalue weighted by molar-refractivity contribution is 6.25. The number of carbonyl (C=O) groups is 5. The number of hydrogen-bond acceptors (Lipinski definition) is 7. The largest absolute Gasteiger partial charge is 0.490 e. The van der Waals surface area contributed by atoms with Gasteiger partial charge in [0.05, 0.1) is 16.8 Å². The molecular formula is C20H20F4N4O6. The number of carboxylic acid groups (broad SMARTS) is 1. The second kappa shape index (κ2) is 9.37. The molecule has 0 bridgehead atoms. The van der Waals surface area contributed by atoms with Crippen molar-refractivity contribution in [1.29, 1.82) is 0 Å². The van der Waals surface area contributed by atoms with Crippen LogP contribution >= 0.6 is 0 Å². The molecule has 2 atom stereocenters. The van der Waals surface area contributed by atoms with Gasteiger partial charge in [0.15, 0.2) is 0 Å². The minimum absolute atomic E-state index is 0.0289. The summed E-state index contributed by atoms with van der Waals surface area (Å²) in [6.45, 7) is 0.911. The van der Waals surface area contributed by atoms with Crippen molar-refractivity contribution in [3.8, 4) is 0 Å². The van der Waals surface area contributed by atoms with Gasteiger partial charge in [-0.25, -0.2) is 9.18 Å². The van der Waals surface area contributed by atoms with E-state index in [1.54, 1.807) is 4.90 Å². The first kappa shape index (κ1) is 25.1. The van der Waals surface area contributed by atoms with Gasteiger partial charge < -0.3 is 15.7 Å². The molecule has 0 aliphatic carbocycles. The van der Waals surface area contributed by atoms with Crippen LogP contribution in [0.15, 0.2) is 12.1 Å². The number of amides is 4. The monoisotopic (exact) mass is 488 g/mol.